The predicted molar refractivity (Wildman–Crippen MR) is 103 cm³/mol. The standard InChI is InChI=1S/C19H29F4N5/c1-4-24-18(25-12-14(2)28-9-7-27(3)8-10-28)26-13-15-5-6-16(20)11-17(15)19(21,22)23/h5-6,11,14H,4,7-10,12-13H2,1-3H3,(H2,24,25,26). The highest BCUT2D eigenvalue weighted by molar-refractivity contribution is 5.79. The van der Waals surface area contributed by atoms with Crippen molar-refractivity contribution in [1.29, 1.82) is 0 Å². The van der Waals surface area contributed by atoms with Gasteiger partial charge in [0.05, 0.1) is 12.1 Å². The molecule has 1 fully saturated rings. The normalized spacial score (nSPS) is 18.2. The molecule has 28 heavy (non-hydrogen) atoms. The summed E-state index contributed by atoms with van der Waals surface area (Å²) in [7, 11) is 2.10. The number of hydrogen-bond acceptors (Lipinski definition) is 3. The van der Waals surface area contributed by atoms with Crippen molar-refractivity contribution in [3.8, 4) is 0 Å². The number of nitrogens with zero attached hydrogens (tertiary/aromatic N) is 3. The van der Waals surface area contributed by atoms with Crippen molar-refractivity contribution in [2.75, 3.05) is 46.3 Å². The molecular weight excluding hydrogens is 374 g/mol. The Balaban J connectivity index is 2.01. The maximum atomic E-state index is 13.2. The zero-order valence-electron chi connectivity index (χ0n) is 16.6. The third-order valence-electron chi connectivity index (χ3n) is 4.86. The van der Waals surface area contributed by atoms with Crippen molar-refractivity contribution in [2.45, 2.75) is 32.6 Å². The molecule has 1 heterocycles. The van der Waals surface area contributed by atoms with Gasteiger partial charge < -0.3 is 15.5 Å². The maximum Gasteiger partial charge on any atom is 0.416 e. The summed E-state index contributed by atoms with van der Waals surface area (Å²) < 4.78 is 52.6. The van der Waals surface area contributed by atoms with Gasteiger partial charge in [-0.2, -0.15) is 13.2 Å². The van der Waals surface area contributed by atoms with E-state index in [0.717, 1.165) is 38.3 Å². The molecule has 0 spiro atoms. The summed E-state index contributed by atoms with van der Waals surface area (Å²) in [4.78, 5) is 8.92. The second-order valence-electron chi connectivity index (χ2n) is 7.06. The van der Waals surface area contributed by atoms with Gasteiger partial charge in [0.1, 0.15) is 5.82 Å². The van der Waals surface area contributed by atoms with Crippen LogP contribution in [0.1, 0.15) is 25.0 Å². The summed E-state index contributed by atoms with van der Waals surface area (Å²) in [6.45, 7) is 9.04. The summed E-state index contributed by atoms with van der Waals surface area (Å²) in [5.74, 6) is -0.466. The van der Waals surface area contributed by atoms with E-state index in [-0.39, 0.29) is 18.2 Å². The fraction of sp³-hybridized carbons (Fsp3) is 0.632. The Hall–Kier alpha value is -1.87. The molecule has 9 heteroatoms. The molecule has 1 aromatic rings. The number of alkyl halides is 3. The maximum absolute atomic E-state index is 13.2. The summed E-state index contributed by atoms with van der Waals surface area (Å²) in [6, 6.07) is 2.95. The Morgan fingerprint density at radius 2 is 1.86 bits per heavy atom. The molecular formula is C19H29F4N5. The third-order valence-corrected chi connectivity index (χ3v) is 4.86. The highest BCUT2D eigenvalue weighted by atomic mass is 19.4. The van der Waals surface area contributed by atoms with Crippen molar-refractivity contribution in [3.05, 3.63) is 35.1 Å². The number of piperazine rings is 1. The summed E-state index contributed by atoms with van der Waals surface area (Å²) >= 11 is 0. The molecule has 1 saturated heterocycles. The van der Waals surface area contributed by atoms with Crippen LogP contribution in [0.15, 0.2) is 23.2 Å². The number of aliphatic imine (C=N–C) groups is 1. The van der Waals surface area contributed by atoms with Gasteiger partial charge in [-0.15, -0.1) is 0 Å². The lowest BCUT2D eigenvalue weighted by Gasteiger charge is -2.36. The van der Waals surface area contributed by atoms with Gasteiger partial charge in [0.25, 0.3) is 0 Å². The number of benzene rings is 1. The molecule has 1 aliphatic heterocycles. The molecule has 158 valence electrons. The quantitative estimate of drug-likeness (QED) is 0.435. The molecule has 1 aliphatic rings. The molecule has 0 aromatic heterocycles. The van der Waals surface area contributed by atoms with Crippen LogP contribution < -0.4 is 10.6 Å². The summed E-state index contributed by atoms with van der Waals surface area (Å²) in [6.07, 6.45) is -4.62. The van der Waals surface area contributed by atoms with E-state index in [2.05, 4.69) is 39.4 Å². The molecule has 0 radical (unpaired) electrons. The van der Waals surface area contributed by atoms with Crippen molar-refractivity contribution in [2.24, 2.45) is 4.99 Å². The third kappa shape index (κ3) is 6.63. The molecule has 0 saturated carbocycles. The van der Waals surface area contributed by atoms with Gasteiger partial charge in [-0.25, -0.2) is 9.38 Å². The number of guanidine groups is 1. The average molecular weight is 403 g/mol. The number of rotatable bonds is 6. The lowest BCUT2D eigenvalue weighted by Crippen LogP contribution is -2.52. The fourth-order valence-corrected chi connectivity index (χ4v) is 3.09. The lowest BCUT2D eigenvalue weighted by atomic mass is 10.1. The zero-order chi connectivity index (χ0) is 20.7. The van der Waals surface area contributed by atoms with E-state index >= 15 is 0 Å². The Kier molecular flexibility index (Phi) is 8.06. The van der Waals surface area contributed by atoms with Crippen LogP contribution in [-0.2, 0) is 12.7 Å². The summed E-state index contributed by atoms with van der Waals surface area (Å²) in [5, 5.41) is 6.24. The predicted octanol–water partition coefficient (Wildman–Crippen LogP) is 2.54. The van der Waals surface area contributed by atoms with Gasteiger partial charge in [0, 0.05) is 45.3 Å². The molecule has 0 amide bonds. The zero-order valence-corrected chi connectivity index (χ0v) is 16.6. The van der Waals surface area contributed by atoms with E-state index in [9.17, 15) is 17.6 Å². The number of halogens is 4. The summed E-state index contributed by atoms with van der Waals surface area (Å²) in [5.41, 5.74) is -1.05. The molecule has 0 aliphatic carbocycles. The van der Waals surface area contributed by atoms with E-state index in [1.54, 1.807) is 0 Å². The van der Waals surface area contributed by atoms with E-state index < -0.39 is 17.6 Å². The van der Waals surface area contributed by atoms with Crippen LogP contribution >= 0.6 is 0 Å². The van der Waals surface area contributed by atoms with Crippen LogP contribution in [0.4, 0.5) is 17.6 Å². The van der Waals surface area contributed by atoms with Crippen LogP contribution in [0.25, 0.3) is 0 Å². The van der Waals surface area contributed by atoms with Gasteiger partial charge in [0.15, 0.2) is 5.96 Å². The Bertz CT molecular complexity index is 654. The average Bonchev–Trinajstić information content (AvgIpc) is 2.64. The van der Waals surface area contributed by atoms with Crippen LogP contribution in [0.3, 0.4) is 0 Å². The van der Waals surface area contributed by atoms with Gasteiger partial charge in [-0.05, 0) is 38.6 Å². The van der Waals surface area contributed by atoms with E-state index in [1.807, 2.05) is 6.92 Å². The highest BCUT2D eigenvalue weighted by Gasteiger charge is 2.33. The number of nitrogens with one attached hydrogen (secondary N) is 2. The fourth-order valence-electron chi connectivity index (χ4n) is 3.09. The second kappa shape index (κ2) is 10.1. The molecule has 2 rings (SSSR count). The minimum absolute atomic E-state index is 0.0572. The van der Waals surface area contributed by atoms with Gasteiger partial charge >= 0.3 is 6.18 Å². The minimum Gasteiger partial charge on any atom is -0.357 e. The first-order chi connectivity index (χ1) is 13.2. The van der Waals surface area contributed by atoms with Crippen LogP contribution in [0.5, 0.6) is 0 Å². The molecule has 1 aromatic carbocycles. The monoisotopic (exact) mass is 403 g/mol. The first-order valence-corrected chi connectivity index (χ1v) is 9.51. The Morgan fingerprint density at radius 1 is 1.18 bits per heavy atom. The lowest BCUT2D eigenvalue weighted by molar-refractivity contribution is -0.138. The Labute approximate surface area is 163 Å². The molecule has 2 N–H and O–H groups in total. The van der Waals surface area contributed by atoms with Crippen molar-refractivity contribution >= 4 is 5.96 Å². The Morgan fingerprint density at radius 3 is 2.46 bits per heavy atom. The topological polar surface area (TPSA) is 42.9 Å². The molecule has 1 unspecified atom stereocenters. The SMILES string of the molecule is CCNC(=NCc1ccc(F)cc1C(F)(F)F)NCC(C)N1CCN(C)CC1. The van der Waals surface area contributed by atoms with Crippen molar-refractivity contribution in [3.63, 3.8) is 0 Å². The van der Waals surface area contributed by atoms with E-state index in [4.69, 9.17) is 0 Å². The van der Waals surface area contributed by atoms with Gasteiger partial charge in [-0.3, -0.25) is 4.90 Å². The van der Waals surface area contributed by atoms with Crippen LogP contribution in [0.2, 0.25) is 0 Å². The smallest absolute Gasteiger partial charge is 0.357 e. The minimum atomic E-state index is -4.62. The highest BCUT2D eigenvalue weighted by Crippen LogP contribution is 2.32. The number of hydrogen-bond donors (Lipinski definition) is 2. The first kappa shape index (κ1) is 22.4. The van der Waals surface area contributed by atoms with E-state index in [0.29, 0.717) is 25.1 Å². The second-order valence-corrected chi connectivity index (χ2v) is 7.06. The van der Waals surface area contributed by atoms with Crippen molar-refractivity contribution in [1.82, 2.24) is 20.4 Å². The van der Waals surface area contributed by atoms with Gasteiger partial charge in [0.2, 0.25) is 0 Å². The largest absolute Gasteiger partial charge is 0.416 e. The number of likely N-dealkylation sites (N-methyl/N-ethyl adjacent to an activating group) is 1. The van der Waals surface area contributed by atoms with Crippen LogP contribution in [-0.4, -0.2) is 68.1 Å². The molecule has 0 bridgehead atoms. The van der Waals surface area contributed by atoms with Crippen molar-refractivity contribution < 1.29 is 17.6 Å². The van der Waals surface area contributed by atoms with E-state index in [1.165, 1.54) is 0 Å². The molecule has 1 atom stereocenters. The molecule has 5 nitrogen and oxygen atoms in total. The van der Waals surface area contributed by atoms with Gasteiger partial charge in [-0.1, -0.05) is 6.07 Å². The first-order valence-electron chi connectivity index (χ1n) is 9.51. The van der Waals surface area contributed by atoms with Crippen LogP contribution in [0, 0.1) is 5.82 Å².